The third-order valence-electron chi connectivity index (χ3n) is 5.15. The Balaban J connectivity index is 1.55. The van der Waals surface area contributed by atoms with Gasteiger partial charge in [0.05, 0.1) is 41.4 Å². The van der Waals surface area contributed by atoms with Gasteiger partial charge in [-0.25, -0.2) is 13.2 Å². The number of hydrogen-bond donors (Lipinski definition) is 4. The number of fused-ring (bicyclic) bond motifs is 1. The normalized spacial score (nSPS) is 11.2. The SMILES string of the molecule is COc1ccc(CNC(=O)c2ccccc2NS(=O)(=O)c2ccc3[nH]c(=O)[nH]c3c2)c(OC)c1. The number of para-hydroxylation sites is 1. The van der Waals surface area contributed by atoms with E-state index in [0.29, 0.717) is 22.5 Å². The van der Waals surface area contributed by atoms with Crippen LogP contribution in [-0.4, -0.2) is 38.5 Å². The fraction of sp³-hybridized carbons (Fsp3) is 0.130. The second kappa shape index (κ2) is 9.32. The predicted octanol–water partition coefficient (Wildman–Crippen LogP) is 2.60. The van der Waals surface area contributed by atoms with Gasteiger partial charge < -0.3 is 24.8 Å². The minimum atomic E-state index is -4.04. The summed E-state index contributed by atoms with van der Waals surface area (Å²) in [7, 11) is -0.973. The van der Waals surface area contributed by atoms with Crippen LogP contribution in [0.4, 0.5) is 5.69 Å². The topological polar surface area (TPSA) is 142 Å². The highest BCUT2D eigenvalue weighted by atomic mass is 32.2. The zero-order chi connectivity index (χ0) is 24.3. The highest BCUT2D eigenvalue weighted by molar-refractivity contribution is 7.92. The largest absolute Gasteiger partial charge is 0.497 e. The molecule has 1 amide bonds. The van der Waals surface area contributed by atoms with Gasteiger partial charge in [-0.15, -0.1) is 0 Å². The lowest BCUT2D eigenvalue weighted by atomic mass is 10.1. The predicted molar refractivity (Wildman–Crippen MR) is 127 cm³/mol. The number of anilines is 1. The summed E-state index contributed by atoms with van der Waals surface area (Å²) in [5, 5.41) is 2.78. The number of ether oxygens (including phenoxy) is 2. The minimum Gasteiger partial charge on any atom is -0.497 e. The number of rotatable bonds is 8. The van der Waals surface area contributed by atoms with E-state index in [2.05, 4.69) is 20.0 Å². The Morgan fingerprint density at radius 1 is 0.941 bits per heavy atom. The Labute approximate surface area is 195 Å². The molecule has 0 bridgehead atoms. The summed E-state index contributed by atoms with van der Waals surface area (Å²) < 4.78 is 38.9. The number of carbonyl (C=O) groups excluding carboxylic acids is 1. The molecule has 4 rings (SSSR count). The van der Waals surface area contributed by atoms with Crippen LogP contribution in [0, 0.1) is 0 Å². The van der Waals surface area contributed by atoms with Gasteiger partial charge in [0.25, 0.3) is 15.9 Å². The Morgan fingerprint density at radius 3 is 2.47 bits per heavy atom. The van der Waals surface area contributed by atoms with Crippen LogP contribution in [0.3, 0.4) is 0 Å². The van der Waals surface area contributed by atoms with E-state index in [1.54, 1.807) is 37.4 Å². The first-order valence-corrected chi connectivity index (χ1v) is 11.6. The molecule has 4 N–H and O–H groups in total. The molecule has 0 aliphatic carbocycles. The molecule has 0 spiro atoms. The van der Waals surface area contributed by atoms with Crippen LogP contribution < -0.4 is 25.2 Å². The lowest BCUT2D eigenvalue weighted by molar-refractivity contribution is 0.0951. The molecule has 4 aromatic rings. The molecule has 1 aromatic heterocycles. The number of H-pyrrole nitrogens is 2. The van der Waals surface area contributed by atoms with Gasteiger partial charge in [-0.3, -0.25) is 9.52 Å². The van der Waals surface area contributed by atoms with E-state index in [4.69, 9.17) is 9.47 Å². The van der Waals surface area contributed by atoms with E-state index in [0.717, 1.165) is 5.56 Å². The van der Waals surface area contributed by atoms with Crippen LogP contribution in [0.25, 0.3) is 11.0 Å². The third-order valence-corrected chi connectivity index (χ3v) is 6.51. The second-order valence-corrected chi connectivity index (χ2v) is 8.98. The van der Waals surface area contributed by atoms with Crippen LogP contribution in [0.1, 0.15) is 15.9 Å². The van der Waals surface area contributed by atoms with Crippen molar-refractivity contribution >= 4 is 32.7 Å². The van der Waals surface area contributed by atoms with E-state index in [1.165, 1.54) is 37.4 Å². The quantitative estimate of drug-likeness (QED) is 0.304. The Kier molecular flexibility index (Phi) is 6.28. The molecule has 0 fully saturated rings. The number of hydrogen-bond acceptors (Lipinski definition) is 6. The molecule has 3 aromatic carbocycles. The van der Waals surface area contributed by atoms with Crippen LogP contribution in [0.5, 0.6) is 11.5 Å². The molecular weight excluding hydrogens is 460 g/mol. The van der Waals surface area contributed by atoms with Crippen molar-refractivity contribution < 1.29 is 22.7 Å². The number of imidazole rings is 1. The number of amides is 1. The maximum absolute atomic E-state index is 13.0. The lowest BCUT2D eigenvalue weighted by Crippen LogP contribution is -2.25. The fourth-order valence-corrected chi connectivity index (χ4v) is 4.53. The summed E-state index contributed by atoms with van der Waals surface area (Å²) in [6.07, 6.45) is 0. The number of methoxy groups -OCH3 is 2. The van der Waals surface area contributed by atoms with Gasteiger partial charge in [-0.2, -0.15) is 0 Å². The molecule has 11 heteroatoms. The number of benzene rings is 3. The maximum atomic E-state index is 13.0. The molecule has 0 unspecified atom stereocenters. The zero-order valence-corrected chi connectivity index (χ0v) is 19.2. The lowest BCUT2D eigenvalue weighted by Gasteiger charge is -2.14. The molecule has 0 saturated carbocycles. The van der Waals surface area contributed by atoms with E-state index < -0.39 is 21.6 Å². The first kappa shape index (κ1) is 22.9. The minimum absolute atomic E-state index is 0.0616. The van der Waals surface area contributed by atoms with Crippen LogP contribution in [0.15, 0.2) is 70.4 Å². The van der Waals surface area contributed by atoms with Crippen molar-refractivity contribution in [1.82, 2.24) is 15.3 Å². The van der Waals surface area contributed by atoms with Gasteiger partial charge in [0, 0.05) is 18.2 Å². The summed E-state index contributed by atoms with van der Waals surface area (Å²) >= 11 is 0. The van der Waals surface area contributed by atoms with E-state index in [1.807, 2.05) is 0 Å². The highest BCUT2D eigenvalue weighted by Gasteiger charge is 2.20. The third kappa shape index (κ3) is 4.74. The summed E-state index contributed by atoms with van der Waals surface area (Å²) in [4.78, 5) is 29.4. The van der Waals surface area contributed by atoms with Crippen molar-refractivity contribution in [2.75, 3.05) is 18.9 Å². The monoisotopic (exact) mass is 482 g/mol. The van der Waals surface area contributed by atoms with Crippen LogP contribution >= 0.6 is 0 Å². The van der Waals surface area contributed by atoms with Crippen molar-refractivity contribution in [3.8, 4) is 11.5 Å². The van der Waals surface area contributed by atoms with E-state index in [-0.39, 0.29) is 22.7 Å². The van der Waals surface area contributed by atoms with Crippen molar-refractivity contribution in [3.05, 3.63) is 82.3 Å². The summed E-state index contributed by atoms with van der Waals surface area (Å²) in [5.74, 6) is 0.696. The van der Waals surface area contributed by atoms with Crippen molar-refractivity contribution in [2.45, 2.75) is 11.4 Å². The molecule has 0 saturated heterocycles. The molecule has 0 radical (unpaired) electrons. The van der Waals surface area contributed by atoms with Crippen molar-refractivity contribution in [1.29, 1.82) is 0 Å². The Morgan fingerprint density at radius 2 is 1.71 bits per heavy atom. The molecule has 0 aliphatic rings. The fourth-order valence-electron chi connectivity index (χ4n) is 3.42. The van der Waals surface area contributed by atoms with Crippen LogP contribution in [0.2, 0.25) is 0 Å². The Bertz CT molecular complexity index is 1520. The van der Waals surface area contributed by atoms with Crippen LogP contribution in [-0.2, 0) is 16.6 Å². The first-order chi connectivity index (χ1) is 16.3. The molecule has 1 heterocycles. The number of aromatic amines is 2. The number of sulfonamides is 1. The number of aromatic nitrogens is 2. The smallest absolute Gasteiger partial charge is 0.323 e. The summed E-state index contributed by atoms with van der Waals surface area (Å²) in [5.41, 5.74) is 1.39. The van der Waals surface area contributed by atoms with Gasteiger partial charge >= 0.3 is 5.69 Å². The van der Waals surface area contributed by atoms with Gasteiger partial charge in [0.15, 0.2) is 0 Å². The maximum Gasteiger partial charge on any atom is 0.323 e. The summed E-state index contributed by atoms with van der Waals surface area (Å²) in [6, 6.07) is 15.7. The zero-order valence-electron chi connectivity index (χ0n) is 18.3. The van der Waals surface area contributed by atoms with Gasteiger partial charge in [-0.05, 0) is 42.5 Å². The van der Waals surface area contributed by atoms with E-state index in [9.17, 15) is 18.0 Å². The molecule has 10 nitrogen and oxygen atoms in total. The standard InChI is InChI=1S/C23H22N4O6S/c1-32-15-8-7-14(21(11-15)33-2)13-24-22(28)17-5-3-4-6-18(17)27-34(30,31)16-9-10-19-20(12-16)26-23(29)25-19/h3-12,27H,13H2,1-2H3,(H,24,28)(H2,25,26,29). The van der Waals surface area contributed by atoms with E-state index >= 15 is 0 Å². The first-order valence-electron chi connectivity index (χ1n) is 10.1. The molecule has 176 valence electrons. The number of nitrogens with one attached hydrogen (secondary N) is 4. The van der Waals surface area contributed by atoms with Crippen molar-refractivity contribution in [3.63, 3.8) is 0 Å². The molecule has 0 atom stereocenters. The molecule has 34 heavy (non-hydrogen) atoms. The second-order valence-electron chi connectivity index (χ2n) is 7.30. The van der Waals surface area contributed by atoms with Gasteiger partial charge in [0.1, 0.15) is 11.5 Å². The highest BCUT2D eigenvalue weighted by Crippen LogP contribution is 2.25. The molecular formula is C23H22N4O6S. The number of carbonyl (C=O) groups is 1. The molecule has 0 aliphatic heterocycles. The van der Waals surface area contributed by atoms with Crippen molar-refractivity contribution in [2.24, 2.45) is 0 Å². The van der Waals surface area contributed by atoms with Gasteiger partial charge in [0.2, 0.25) is 0 Å². The Hall–Kier alpha value is -4.25. The average molecular weight is 483 g/mol. The summed E-state index contributed by atoms with van der Waals surface area (Å²) in [6.45, 7) is 0.157. The average Bonchev–Trinajstić information content (AvgIpc) is 3.21. The van der Waals surface area contributed by atoms with Gasteiger partial charge in [-0.1, -0.05) is 12.1 Å².